The Balaban J connectivity index is 1.76. The largest absolute Gasteiger partial charge is 0.382 e. The van der Waals surface area contributed by atoms with Gasteiger partial charge in [-0.3, -0.25) is 4.79 Å². The molecule has 2 rings (SSSR count). The van der Waals surface area contributed by atoms with E-state index in [2.05, 4.69) is 15.0 Å². The maximum absolute atomic E-state index is 12.1. The van der Waals surface area contributed by atoms with Gasteiger partial charge in [0.2, 0.25) is 0 Å². The van der Waals surface area contributed by atoms with Crippen LogP contribution >= 0.6 is 11.5 Å². The molecule has 1 aromatic rings. The predicted molar refractivity (Wildman–Crippen MR) is 85.8 cm³/mol. The van der Waals surface area contributed by atoms with E-state index in [-0.39, 0.29) is 12.0 Å². The third kappa shape index (κ3) is 5.17. The van der Waals surface area contributed by atoms with Gasteiger partial charge in [-0.15, -0.1) is 0 Å². The number of aromatic nitrogens is 1. The number of unbranched alkanes of at least 4 members (excludes halogenated alkanes) is 1. The second-order valence-corrected chi connectivity index (χ2v) is 6.35. The number of nitrogen functional groups attached to an aromatic ring is 1. The third-order valence-electron chi connectivity index (χ3n) is 3.17. The number of nitrogens with two attached hydrogens (primary N) is 1. The molecule has 1 saturated carbocycles. The summed E-state index contributed by atoms with van der Waals surface area (Å²) in [5.41, 5.74) is 6.29. The van der Waals surface area contributed by atoms with Crippen molar-refractivity contribution in [3.8, 4) is 0 Å². The maximum atomic E-state index is 12.1. The minimum absolute atomic E-state index is 0.116. The van der Waals surface area contributed by atoms with Crippen LogP contribution in [0.3, 0.4) is 0 Å². The van der Waals surface area contributed by atoms with Crippen molar-refractivity contribution in [1.29, 1.82) is 0 Å². The molecule has 21 heavy (non-hydrogen) atoms. The van der Waals surface area contributed by atoms with Crippen molar-refractivity contribution in [2.24, 2.45) is 0 Å². The van der Waals surface area contributed by atoms with Crippen molar-refractivity contribution < 1.29 is 9.53 Å². The van der Waals surface area contributed by atoms with E-state index in [9.17, 15) is 4.79 Å². The van der Waals surface area contributed by atoms with Gasteiger partial charge in [-0.25, -0.2) is 0 Å². The Morgan fingerprint density at radius 3 is 2.90 bits per heavy atom. The Hall–Kier alpha value is -1.34. The number of anilines is 2. The van der Waals surface area contributed by atoms with E-state index in [4.69, 9.17) is 10.5 Å². The fourth-order valence-corrected chi connectivity index (χ4v) is 2.61. The van der Waals surface area contributed by atoms with Crippen molar-refractivity contribution >= 4 is 28.3 Å². The first kappa shape index (κ1) is 16.0. The van der Waals surface area contributed by atoms with Gasteiger partial charge >= 0.3 is 0 Å². The van der Waals surface area contributed by atoms with E-state index >= 15 is 0 Å². The van der Waals surface area contributed by atoms with Gasteiger partial charge < -0.3 is 21.1 Å². The van der Waals surface area contributed by atoms with Crippen molar-refractivity contribution in [1.82, 2.24) is 9.69 Å². The molecule has 0 spiro atoms. The van der Waals surface area contributed by atoms with E-state index in [1.54, 1.807) is 0 Å². The molecular weight excluding hydrogens is 288 g/mol. The monoisotopic (exact) mass is 312 g/mol. The molecule has 1 aromatic heterocycles. The quantitative estimate of drug-likeness (QED) is 0.608. The zero-order valence-corrected chi connectivity index (χ0v) is 13.5. The summed E-state index contributed by atoms with van der Waals surface area (Å²) in [6, 6.07) is 0.317. The van der Waals surface area contributed by atoms with Crippen molar-refractivity contribution in [2.45, 2.75) is 51.7 Å². The summed E-state index contributed by atoms with van der Waals surface area (Å²) < 4.78 is 9.56. The molecule has 1 heterocycles. The lowest BCUT2D eigenvalue weighted by atomic mass is 10.2. The van der Waals surface area contributed by atoms with Crippen LogP contribution in [0, 0.1) is 0 Å². The summed E-state index contributed by atoms with van der Waals surface area (Å²) in [5, 5.41) is 6.96. The number of amides is 1. The van der Waals surface area contributed by atoms with Crippen LogP contribution in [-0.2, 0) is 4.74 Å². The molecule has 4 N–H and O–H groups in total. The Morgan fingerprint density at radius 1 is 1.48 bits per heavy atom. The fourth-order valence-electron chi connectivity index (χ4n) is 1.88. The average molecular weight is 312 g/mol. The maximum Gasteiger partial charge on any atom is 0.258 e. The number of hydrogen-bond acceptors (Lipinski definition) is 6. The van der Waals surface area contributed by atoms with E-state index in [0.29, 0.717) is 17.4 Å². The van der Waals surface area contributed by atoms with Gasteiger partial charge in [-0.05, 0) is 51.1 Å². The highest BCUT2D eigenvalue weighted by Crippen LogP contribution is 2.28. The SMILES string of the molecule is CC(C)OCCCCNc1snc(N)c1C(=O)NC1CC1. The van der Waals surface area contributed by atoms with Gasteiger partial charge in [0, 0.05) is 19.2 Å². The van der Waals surface area contributed by atoms with Gasteiger partial charge in [0.15, 0.2) is 5.82 Å². The molecule has 1 fully saturated rings. The number of nitrogens with zero attached hydrogens (tertiary/aromatic N) is 1. The molecule has 0 saturated heterocycles. The highest BCUT2D eigenvalue weighted by atomic mass is 32.1. The molecule has 7 heteroatoms. The smallest absolute Gasteiger partial charge is 0.258 e. The van der Waals surface area contributed by atoms with Crippen LogP contribution < -0.4 is 16.4 Å². The lowest BCUT2D eigenvalue weighted by molar-refractivity contribution is 0.0765. The number of nitrogens with one attached hydrogen (secondary N) is 2. The number of hydrogen-bond donors (Lipinski definition) is 3. The van der Waals surface area contributed by atoms with Gasteiger partial charge in [0.05, 0.1) is 6.10 Å². The van der Waals surface area contributed by atoms with E-state index < -0.39 is 0 Å². The first-order valence-corrected chi connectivity index (χ1v) is 8.26. The summed E-state index contributed by atoms with van der Waals surface area (Å²) in [7, 11) is 0. The van der Waals surface area contributed by atoms with Gasteiger partial charge in [0.25, 0.3) is 5.91 Å². The van der Waals surface area contributed by atoms with Crippen molar-refractivity contribution in [3.05, 3.63) is 5.56 Å². The Labute approximate surface area is 129 Å². The van der Waals surface area contributed by atoms with Crippen LogP contribution in [0.4, 0.5) is 10.8 Å². The number of rotatable bonds is 9. The zero-order chi connectivity index (χ0) is 15.2. The predicted octanol–water partition coefficient (Wildman–Crippen LogP) is 2.23. The van der Waals surface area contributed by atoms with Crippen LogP contribution in [0.1, 0.15) is 49.9 Å². The Bertz CT molecular complexity index is 472. The summed E-state index contributed by atoms with van der Waals surface area (Å²) in [4.78, 5) is 12.1. The van der Waals surface area contributed by atoms with Gasteiger partial charge in [0.1, 0.15) is 10.6 Å². The molecule has 118 valence electrons. The summed E-state index contributed by atoms with van der Waals surface area (Å²) >= 11 is 1.24. The van der Waals surface area contributed by atoms with E-state index in [1.165, 1.54) is 11.5 Å². The van der Waals surface area contributed by atoms with Crippen molar-refractivity contribution in [3.63, 3.8) is 0 Å². The highest BCUT2D eigenvalue weighted by molar-refractivity contribution is 7.11. The average Bonchev–Trinajstić information content (AvgIpc) is 3.15. The van der Waals surface area contributed by atoms with E-state index in [0.717, 1.165) is 43.8 Å². The Kier molecular flexibility index (Phi) is 5.81. The number of carbonyl (C=O) groups excluding carboxylic acids is 1. The minimum atomic E-state index is -0.116. The summed E-state index contributed by atoms with van der Waals surface area (Å²) in [6.07, 6.45) is 4.36. The third-order valence-corrected chi connectivity index (χ3v) is 3.98. The van der Waals surface area contributed by atoms with Gasteiger partial charge in [-0.2, -0.15) is 4.37 Å². The first-order valence-electron chi connectivity index (χ1n) is 7.49. The lowest BCUT2D eigenvalue weighted by Gasteiger charge is -2.09. The molecule has 1 aliphatic carbocycles. The zero-order valence-electron chi connectivity index (χ0n) is 12.6. The molecule has 0 atom stereocenters. The topological polar surface area (TPSA) is 89.3 Å². The second-order valence-electron chi connectivity index (χ2n) is 5.57. The first-order chi connectivity index (χ1) is 10.1. The molecule has 0 aliphatic heterocycles. The van der Waals surface area contributed by atoms with Crippen LogP contribution in [0.5, 0.6) is 0 Å². The molecular formula is C14H24N4O2S. The Morgan fingerprint density at radius 2 is 2.24 bits per heavy atom. The van der Waals surface area contributed by atoms with Crippen LogP contribution in [0.15, 0.2) is 0 Å². The summed E-state index contributed by atoms with van der Waals surface area (Å²) in [6.45, 7) is 5.61. The van der Waals surface area contributed by atoms with Crippen LogP contribution in [-0.4, -0.2) is 35.6 Å². The second kappa shape index (κ2) is 7.61. The standard InChI is InChI=1S/C14H24N4O2S/c1-9(2)20-8-4-3-7-16-14-11(12(15)18-21-14)13(19)17-10-5-6-10/h9-10,16H,3-8H2,1-2H3,(H2,15,18)(H,17,19). The molecule has 1 amide bonds. The number of carbonyl (C=O) groups is 1. The molecule has 6 nitrogen and oxygen atoms in total. The lowest BCUT2D eigenvalue weighted by Crippen LogP contribution is -2.26. The molecule has 0 unspecified atom stereocenters. The van der Waals surface area contributed by atoms with Gasteiger partial charge in [-0.1, -0.05) is 0 Å². The summed E-state index contributed by atoms with van der Waals surface area (Å²) in [5.74, 6) is 0.193. The van der Waals surface area contributed by atoms with Crippen LogP contribution in [0.2, 0.25) is 0 Å². The van der Waals surface area contributed by atoms with E-state index in [1.807, 2.05) is 13.8 Å². The molecule has 0 bridgehead atoms. The number of ether oxygens (including phenoxy) is 1. The van der Waals surface area contributed by atoms with Crippen LogP contribution in [0.25, 0.3) is 0 Å². The molecule has 0 aromatic carbocycles. The minimum Gasteiger partial charge on any atom is -0.382 e. The van der Waals surface area contributed by atoms with Crippen molar-refractivity contribution in [2.75, 3.05) is 24.2 Å². The highest BCUT2D eigenvalue weighted by Gasteiger charge is 2.27. The molecule has 0 radical (unpaired) electrons. The molecule has 1 aliphatic rings. The fraction of sp³-hybridized carbons (Fsp3) is 0.714. The normalized spacial score (nSPS) is 14.4.